The second-order valence-electron chi connectivity index (χ2n) is 19.4. The van der Waals surface area contributed by atoms with Crippen LogP contribution in [0.15, 0.2) is 204 Å². The van der Waals surface area contributed by atoms with Crippen molar-refractivity contribution in [2.45, 2.75) is 70.3 Å². The van der Waals surface area contributed by atoms with Gasteiger partial charge in [0.2, 0.25) is 0 Å². The SMILES string of the molecule is CC1CC2C3=C(C=CCC3C)CCC2C=C1N(c1ccccc1)c1ccc2c(c1)C1(c3ccccc3-2)C2C=CC=C(N(C3=CC=CCC3)C3C=CC=CC3)C2[C@H]2C=CC=CC21. The largest absolute Gasteiger partial charge is 0.341 e. The first-order valence-electron chi connectivity index (χ1n) is 23.5. The molecule has 304 valence electrons. The number of benzene rings is 3. The van der Waals surface area contributed by atoms with Crippen LogP contribution in [0.1, 0.15) is 69.9 Å². The summed E-state index contributed by atoms with van der Waals surface area (Å²) in [7, 11) is 0. The summed E-state index contributed by atoms with van der Waals surface area (Å²) in [6, 6.07) is 28.7. The van der Waals surface area contributed by atoms with Crippen molar-refractivity contribution >= 4 is 11.4 Å². The van der Waals surface area contributed by atoms with E-state index in [2.05, 4.69) is 200 Å². The summed E-state index contributed by atoms with van der Waals surface area (Å²) in [5, 5.41) is 0. The maximum atomic E-state index is 2.76. The highest BCUT2D eigenvalue weighted by Crippen LogP contribution is 2.69. The van der Waals surface area contributed by atoms with Crippen molar-refractivity contribution in [3.63, 3.8) is 0 Å². The van der Waals surface area contributed by atoms with Crippen LogP contribution in [0, 0.1) is 47.3 Å². The number of fused-ring (bicyclic) bond motifs is 12. The quantitative estimate of drug-likeness (QED) is 0.245. The zero-order chi connectivity index (χ0) is 40.7. The molecule has 2 heteroatoms. The zero-order valence-electron chi connectivity index (χ0n) is 35.8. The van der Waals surface area contributed by atoms with E-state index in [-0.39, 0.29) is 11.3 Å². The average Bonchev–Trinajstić information content (AvgIpc) is 3.78. The predicted octanol–water partition coefficient (Wildman–Crippen LogP) is 14.4. The Kier molecular flexibility index (Phi) is 9.02. The normalized spacial score (nSPS) is 33.3. The van der Waals surface area contributed by atoms with Crippen molar-refractivity contribution in [2.24, 2.45) is 47.3 Å². The fourth-order valence-electron chi connectivity index (χ4n) is 14.0. The third kappa shape index (κ3) is 5.66. The van der Waals surface area contributed by atoms with E-state index in [1.165, 1.54) is 76.4 Å². The van der Waals surface area contributed by atoms with E-state index < -0.39 is 0 Å². The Morgan fingerprint density at radius 2 is 1.48 bits per heavy atom. The summed E-state index contributed by atoms with van der Waals surface area (Å²) >= 11 is 0. The van der Waals surface area contributed by atoms with Gasteiger partial charge >= 0.3 is 0 Å². The molecule has 9 aliphatic carbocycles. The highest BCUT2D eigenvalue weighted by atomic mass is 15.2. The molecule has 9 unspecified atom stereocenters. The number of hydrogen-bond acceptors (Lipinski definition) is 2. The number of anilines is 2. The van der Waals surface area contributed by atoms with Crippen LogP contribution in [-0.2, 0) is 5.41 Å². The van der Waals surface area contributed by atoms with Crippen molar-refractivity contribution in [1.29, 1.82) is 0 Å². The minimum atomic E-state index is -0.222. The monoisotopic (exact) mass is 794 g/mol. The maximum absolute atomic E-state index is 2.76. The Balaban J connectivity index is 1.02. The molecule has 0 heterocycles. The molecule has 1 fully saturated rings. The van der Waals surface area contributed by atoms with Crippen LogP contribution in [0.5, 0.6) is 0 Å². The molecular weight excluding hydrogens is 737 g/mol. The lowest BCUT2D eigenvalue weighted by Gasteiger charge is -2.45. The second-order valence-corrected chi connectivity index (χ2v) is 19.4. The van der Waals surface area contributed by atoms with Gasteiger partial charge in [0.05, 0.1) is 6.04 Å². The predicted molar refractivity (Wildman–Crippen MR) is 254 cm³/mol. The van der Waals surface area contributed by atoms with Crippen LogP contribution < -0.4 is 4.90 Å². The highest BCUT2D eigenvalue weighted by molar-refractivity contribution is 5.86. The third-order valence-corrected chi connectivity index (χ3v) is 16.3. The zero-order valence-corrected chi connectivity index (χ0v) is 35.8. The van der Waals surface area contributed by atoms with Crippen molar-refractivity contribution in [1.82, 2.24) is 4.90 Å². The molecule has 0 amide bonds. The van der Waals surface area contributed by atoms with E-state index in [1.54, 1.807) is 11.1 Å². The molecule has 9 aliphatic rings. The Morgan fingerprint density at radius 3 is 2.34 bits per heavy atom. The van der Waals surface area contributed by atoms with Crippen LogP contribution in [0.25, 0.3) is 11.1 Å². The third-order valence-electron chi connectivity index (χ3n) is 16.3. The van der Waals surface area contributed by atoms with Crippen molar-refractivity contribution in [3.8, 4) is 11.1 Å². The molecule has 3 aromatic carbocycles. The number of nitrogens with zero attached hydrogens (tertiary/aromatic N) is 2. The minimum absolute atomic E-state index is 0.222. The fourth-order valence-corrected chi connectivity index (χ4v) is 14.0. The number of hydrogen-bond donors (Lipinski definition) is 0. The number of allylic oxidation sites excluding steroid dienone is 20. The van der Waals surface area contributed by atoms with Gasteiger partial charge in [-0.25, -0.2) is 0 Å². The van der Waals surface area contributed by atoms with Crippen LogP contribution in [-0.4, -0.2) is 10.9 Å². The molecule has 0 N–H and O–H groups in total. The fraction of sp³-hybridized carbons (Fsp3) is 0.322. The van der Waals surface area contributed by atoms with Crippen LogP contribution in [0.4, 0.5) is 11.4 Å². The first-order valence-corrected chi connectivity index (χ1v) is 23.5. The maximum Gasteiger partial charge on any atom is 0.0553 e. The van der Waals surface area contributed by atoms with Gasteiger partial charge in [-0.3, -0.25) is 0 Å². The van der Waals surface area contributed by atoms with E-state index in [4.69, 9.17) is 0 Å². The molecule has 1 saturated carbocycles. The lowest BCUT2D eigenvalue weighted by molar-refractivity contribution is 0.265. The number of para-hydroxylation sites is 1. The van der Waals surface area contributed by atoms with Gasteiger partial charge in [0, 0.05) is 45.7 Å². The van der Waals surface area contributed by atoms with Gasteiger partial charge in [-0.1, -0.05) is 159 Å². The van der Waals surface area contributed by atoms with Crippen LogP contribution in [0.3, 0.4) is 0 Å². The van der Waals surface area contributed by atoms with E-state index in [0.29, 0.717) is 47.5 Å². The molecule has 1 spiro atoms. The first kappa shape index (κ1) is 37.2. The average molecular weight is 795 g/mol. The van der Waals surface area contributed by atoms with Gasteiger partial charge in [-0.2, -0.15) is 0 Å². The van der Waals surface area contributed by atoms with Gasteiger partial charge in [-0.15, -0.1) is 0 Å². The van der Waals surface area contributed by atoms with Crippen LogP contribution >= 0.6 is 0 Å². The molecule has 0 saturated heterocycles. The molecule has 2 nitrogen and oxygen atoms in total. The molecule has 12 rings (SSSR count). The summed E-state index contributed by atoms with van der Waals surface area (Å²) < 4.78 is 0. The Labute approximate surface area is 363 Å². The van der Waals surface area contributed by atoms with Gasteiger partial charge in [-0.05, 0) is 145 Å². The Bertz CT molecular complexity index is 2620. The molecule has 0 aromatic heterocycles. The van der Waals surface area contributed by atoms with Gasteiger partial charge in [0.1, 0.15) is 0 Å². The summed E-state index contributed by atoms with van der Waals surface area (Å²) in [4.78, 5) is 5.43. The Hall–Kier alpha value is -5.60. The Morgan fingerprint density at radius 1 is 0.639 bits per heavy atom. The van der Waals surface area contributed by atoms with Crippen molar-refractivity contribution in [3.05, 3.63) is 215 Å². The van der Waals surface area contributed by atoms with E-state index in [9.17, 15) is 0 Å². The lowest BCUT2D eigenvalue weighted by atomic mass is 9.63. The summed E-state index contributed by atoms with van der Waals surface area (Å²) in [5.41, 5.74) is 16.0. The van der Waals surface area contributed by atoms with E-state index in [1.807, 2.05) is 0 Å². The molecule has 3 aromatic rings. The summed E-state index contributed by atoms with van der Waals surface area (Å²) in [6.07, 6.45) is 49.4. The van der Waals surface area contributed by atoms with Gasteiger partial charge in [0.25, 0.3) is 0 Å². The van der Waals surface area contributed by atoms with Crippen molar-refractivity contribution < 1.29 is 0 Å². The smallest absolute Gasteiger partial charge is 0.0553 e. The number of rotatable bonds is 6. The molecular formula is C59H58N2. The standard InChI is InChI=1S/C59H58N2/c1-39-18-16-19-41-32-33-42-37-56(40(2)36-50(42)57(39)41)61(45-24-10-5-11-25-45)46-34-35-48-47-26-12-14-28-51(47)59(54(48)38-46)52-29-15-13-27-49(52)58-53(59)30-17-31-55(58)60(43-20-6-3-7-21-43)44-22-8-4-9-23-44/h3-8,10-17,19-20,22,24-31,34-35,37-40,42-43,49-50,52-53,58H,9,18,21,23,32-33,36H2,1-2H3/t39?,40?,42?,43?,49-,50?,52?,53?,58?,59?/m0/s1. The molecule has 0 bridgehead atoms. The molecule has 0 radical (unpaired) electrons. The second kappa shape index (κ2) is 14.8. The molecule has 10 atom stereocenters. The van der Waals surface area contributed by atoms with Crippen molar-refractivity contribution in [2.75, 3.05) is 4.90 Å². The van der Waals surface area contributed by atoms with E-state index >= 15 is 0 Å². The van der Waals surface area contributed by atoms with Gasteiger partial charge in [0.15, 0.2) is 0 Å². The van der Waals surface area contributed by atoms with E-state index in [0.717, 1.165) is 19.3 Å². The lowest BCUT2D eigenvalue weighted by Crippen LogP contribution is -2.41. The molecule has 0 aliphatic heterocycles. The summed E-state index contributed by atoms with van der Waals surface area (Å²) in [6.45, 7) is 4.98. The first-order chi connectivity index (χ1) is 30.1. The van der Waals surface area contributed by atoms with Gasteiger partial charge < -0.3 is 9.80 Å². The topological polar surface area (TPSA) is 6.48 Å². The minimum Gasteiger partial charge on any atom is -0.341 e. The highest BCUT2D eigenvalue weighted by Gasteiger charge is 2.64. The molecule has 61 heavy (non-hydrogen) atoms. The summed E-state index contributed by atoms with van der Waals surface area (Å²) in [5.74, 6) is 3.61. The van der Waals surface area contributed by atoms with Crippen LogP contribution in [0.2, 0.25) is 0 Å².